The fourth-order valence-electron chi connectivity index (χ4n) is 1.52. The lowest BCUT2D eigenvalue weighted by atomic mass is 10.1. The van der Waals surface area contributed by atoms with Gasteiger partial charge in [-0.25, -0.2) is 9.52 Å². The molecule has 0 spiro atoms. The second-order valence-corrected chi connectivity index (χ2v) is 5.53. The lowest BCUT2D eigenvalue weighted by molar-refractivity contribution is 0.158. The third-order valence-electron chi connectivity index (χ3n) is 2.47. The van der Waals surface area contributed by atoms with Gasteiger partial charge in [-0.3, -0.25) is 0 Å². The molecule has 0 aliphatic heterocycles. The number of nitrogens with two attached hydrogens (primary N) is 1. The molecule has 0 aliphatic rings. The first kappa shape index (κ1) is 16.4. The van der Waals surface area contributed by atoms with Crippen molar-refractivity contribution < 1.29 is 17.9 Å². The summed E-state index contributed by atoms with van der Waals surface area (Å²) in [6, 6.07) is 9.07. The SMILES string of the molecule is CCOC(=O)NS(=O)(=O)NCCC(N)c1ccccc1. The molecule has 1 unspecified atom stereocenters. The lowest BCUT2D eigenvalue weighted by Gasteiger charge is -2.13. The summed E-state index contributed by atoms with van der Waals surface area (Å²) in [6.45, 7) is 1.80. The van der Waals surface area contributed by atoms with Gasteiger partial charge in [0.05, 0.1) is 6.61 Å². The number of hydrogen-bond donors (Lipinski definition) is 3. The summed E-state index contributed by atoms with van der Waals surface area (Å²) >= 11 is 0. The molecule has 1 atom stereocenters. The highest BCUT2D eigenvalue weighted by Gasteiger charge is 2.15. The summed E-state index contributed by atoms with van der Waals surface area (Å²) in [5, 5.41) is 0. The predicted molar refractivity (Wildman–Crippen MR) is 75.1 cm³/mol. The smallest absolute Gasteiger partial charge is 0.421 e. The van der Waals surface area contributed by atoms with Gasteiger partial charge < -0.3 is 10.5 Å². The molecule has 7 nitrogen and oxygen atoms in total. The van der Waals surface area contributed by atoms with E-state index in [2.05, 4.69) is 9.46 Å². The van der Waals surface area contributed by atoms with Crippen molar-refractivity contribution in [1.82, 2.24) is 9.44 Å². The molecule has 4 N–H and O–H groups in total. The van der Waals surface area contributed by atoms with Crippen molar-refractivity contribution in [2.45, 2.75) is 19.4 Å². The Morgan fingerprint density at radius 1 is 1.35 bits per heavy atom. The molecule has 0 bridgehead atoms. The fourth-order valence-corrected chi connectivity index (χ4v) is 2.26. The number of amides is 1. The number of ether oxygens (including phenoxy) is 1. The van der Waals surface area contributed by atoms with Crippen LogP contribution < -0.4 is 15.2 Å². The molecular weight excluding hydrogens is 282 g/mol. The van der Waals surface area contributed by atoms with Gasteiger partial charge in [-0.05, 0) is 18.9 Å². The maximum Gasteiger partial charge on any atom is 0.421 e. The quantitative estimate of drug-likeness (QED) is 0.685. The van der Waals surface area contributed by atoms with Crippen LogP contribution in [0.1, 0.15) is 24.9 Å². The minimum Gasteiger partial charge on any atom is -0.449 e. The van der Waals surface area contributed by atoms with Crippen molar-refractivity contribution in [2.75, 3.05) is 13.2 Å². The van der Waals surface area contributed by atoms with Crippen LogP contribution in [0.5, 0.6) is 0 Å². The van der Waals surface area contributed by atoms with E-state index in [0.29, 0.717) is 6.42 Å². The van der Waals surface area contributed by atoms with Crippen molar-refractivity contribution in [1.29, 1.82) is 0 Å². The maximum atomic E-state index is 11.5. The van der Waals surface area contributed by atoms with Crippen molar-refractivity contribution in [2.24, 2.45) is 5.73 Å². The maximum absolute atomic E-state index is 11.5. The Labute approximate surface area is 118 Å². The summed E-state index contributed by atoms with van der Waals surface area (Å²) in [6.07, 6.45) is -0.597. The van der Waals surface area contributed by atoms with Crippen LogP contribution in [0.2, 0.25) is 0 Å². The molecule has 0 aromatic heterocycles. The molecule has 1 aromatic rings. The highest BCUT2D eigenvalue weighted by Crippen LogP contribution is 2.12. The Bertz CT molecular complexity index is 519. The molecule has 0 radical (unpaired) electrons. The fraction of sp³-hybridized carbons (Fsp3) is 0.417. The molecule has 1 rings (SSSR count). The second-order valence-electron chi connectivity index (χ2n) is 4.03. The minimum atomic E-state index is -3.91. The zero-order chi connectivity index (χ0) is 15.0. The van der Waals surface area contributed by atoms with Crippen LogP contribution in [0.15, 0.2) is 30.3 Å². The van der Waals surface area contributed by atoms with Crippen LogP contribution in [-0.4, -0.2) is 27.7 Å². The molecule has 112 valence electrons. The molecule has 0 fully saturated rings. The van der Waals surface area contributed by atoms with Crippen LogP contribution in [0.25, 0.3) is 0 Å². The predicted octanol–water partition coefficient (Wildman–Crippen LogP) is 0.657. The largest absolute Gasteiger partial charge is 0.449 e. The van der Waals surface area contributed by atoms with Gasteiger partial charge in [-0.1, -0.05) is 30.3 Å². The van der Waals surface area contributed by atoms with Gasteiger partial charge >= 0.3 is 16.3 Å². The van der Waals surface area contributed by atoms with E-state index >= 15 is 0 Å². The van der Waals surface area contributed by atoms with Crippen LogP contribution in [0.4, 0.5) is 4.79 Å². The number of carbonyl (C=O) groups excluding carboxylic acids is 1. The van der Waals surface area contributed by atoms with E-state index in [1.54, 1.807) is 11.6 Å². The number of hydrogen-bond acceptors (Lipinski definition) is 5. The van der Waals surface area contributed by atoms with E-state index in [-0.39, 0.29) is 19.2 Å². The van der Waals surface area contributed by atoms with Crippen molar-refractivity contribution >= 4 is 16.3 Å². The first-order valence-electron chi connectivity index (χ1n) is 6.19. The van der Waals surface area contributed by atoms with E-state index in [1.165, 1.54) is 0 Å². The van der Waals surface area contributed by atoms with Crippen LogP contribution in [0.3, 0.4) is 0 Å². The number of carbonyl (C=O) groups is 1. The third kappa shape index (κ3) is 6.00. The highest BCUT2D eigenvalue weighted by atomic mass is 32.2. The molecule has 0 saturated carbocycles. The summed E-state index contributed by atoms with van der Waals surface area (Å²) in [5.74, 6) is 0. The Morgan fingerprint density at radius 3 is 2.60 bits per heavy atom. The molecule has 20 heavy (non-hydrogen) atoms. The Morgan fingerprint density at radius 2 is 2.00 bits per heavy atom. The zero-order valence-corrected chi connectivity index (χ0v) is 12.0. The van der Waals surface area contributed by atoms with Gasteiger partial charge in [0.15, 0.2) is 0 Å². The first-order chi connectivity index (χ1) is 9.44. The molecular formula is C12H19N3O4S. The highest BCUT2D eigenvalue weighted by molar-refractivity contribution is 7.88. The van der Waals surface area contributed by atoms with Gasteiger partial charge in [-0.15, -0.1) is 0 Å². The van der Waals surface area contributed by atoms with Gasteiger partial charge in [0.2, 0.25) is 0 Å². The number of rotatable bonds is 7. The minimum absolute atomic E-state index is 0.0975. The topological polar surface area (TPSA) is 111 Å². The van der Waals surface area contributed by atoms with E-state index in [4.69, 9.17) is 5.73 Å². The first-order valence-corrected chi connectivity index (χ1v) is 7.67. The molecule has 1 amide bonds. The van der Waals surface area contributed by atoms with Crippen LogP contribution in [0, 0.1) is 0 Å². The second kappa shape index (κ2) is 7.83. The molecule has 0 aliphatic carbocycles. The summed E-state index contributed by atoms with van der Waals surface area (Å²) in [7, 11) is -3.91. The molecule has 0 heterocycles. The van der Waals surface area contributed by atoms with Crippen molar-refractivity contribution in [3.05, 3.63) is 35.9 Å². The monoisotopic (exact) mass is 301 g/mol. The van der Waals surface area contributed by atoms with Gasteiger partial charge in [0.1, 0.15) is 0 Å². The molecule has 0 saturated heterocycles. The third-order valence-corrected chi connectivity index (χ3v) is 3.49. The summed E-state index contributed by atoms with van der Waals surface area (Å²) in [4.78, 5) is 11.0. The average Bonchev–Trinajstić information content (AvgIpc) is 2.39. The Balaban J connectivity index is 2.38. The van der Waals surface area contributed by atoms with E-state index in [0.717, 1.165) is 5.56 Å². The van der Waals surface area contributed by atoms with E-state index in [1.807, 2.05) is 30.3 Å². The van der Waals surface area contributed by atoms with Crippen LogP contribution in [-0.2, 0) is 14.9 Å². The van der Waals surface area contributed by atoms with E-state index < -0.39 is 16.3 Å². The zero-order valence-electron chi connectivity index (χ0n) is 11.2. The van der Waals surface area contributed by atoms with Crippen LogP contribution >= 0.6 is 0 Å². The number of benzene rings is 1. The van der Waals surface area contributed by atoms with Gasteiger partial charge in [-0.2, -0.15) is 13.1 Å². The Kier molecular flexibility index (Phi) is 6.43. The average molecular weight is 301 g/mol. The normalized spacial score (nSPS) is 12.7. The number of nitrogens with one attached hydrogen (secondary N) is 2. The lowest BCUT2D eigenvalue weighted by Crippen LogP contribution is -2.41. The van der Waals surface area contributed by atoms with E-state index in [9.17, 15) is 13.2 Å². The van der Waals surface area contributed by atoms with Crippen molar-refractivity contribution in [3.8, 4) is 0 Å². The standard InChI is InChI=1S/C12H19N3O4S/c1-2-19-12(16)15-20(17,18)14-9-8-11(13)10-6-4-3-5-7-10/h3-7,11,14H,2,8-9,13H2,1H3,(H,15,16). The molecule has 8 heteroatoms. The molecule has 1 aromatic carbocycles. The Hall–Kier alpha value is -1.64. The summed E-state index contributed by atoms with van der Waals surface area (Å²) < 4.78 is 31.4. The van der Waals surface area contributed by atoms with Gasteiger partial charge in [0.25, 0.3) is 0 Å². The van der Waals surface area contributed by atoms with Gasteiger partial charge in [0, 0.05) is 12.6 Å². The van der Waals surface area contributed by atoms with Crippen molar-refractivity contribution in [3.63, 3.8) is 0 Å². The summed E-state index contributed by atoms with van der Waals surface area (Å²) in [5.41, 5.74) is 6.85.